The minimum absolute atomic E-state index is 0.0463. The minimum atomic E-state index is -4.88. The zero-order valence-electron chi connectivity index (χ0n) is 9.16. The Morgan fingerprint density at radius 2 is 1.76 bits per heavy atom. The summed E-state index contributed by atoms with van der Waals surface area (Å²) in [6, 6.07) is 0. The highest BCUT2D eigenvalue weighted by Crippen LogP contribution is 2.23. The number of alkyl halides is 3. The van der Waals surface area contributed by atoms with Crippen molar-refractivity contribution in [3.8, 4) is 0 Å². The predicted molar refractivity (Wildman–Crippen MR) is 52.2 cm³/mol. The maximum absolute atomic E-state index is 12.2. The van der Waals surface area contributed by atoms with Crippen molar-refractivity contribution in [2.75, 3.05) is 13.1 Å². The zero-order chi connectivity index (χ0) is 13.1. The molecule has 1 N–H and O–H groups in total. The number of amides is 1. The molecular formula is C10H14F3NO3. The SMILES string of the molecule is O=C(O)C1CCCCN(C(=O)C(F)(F)F)CC1. The number of carbonyl (C=O) groups excluding carboxylic acids is 1. The Hall–Kier alpha value is -1.27. The highest BCUT2D eigenvalue weighted by atomic mass is 19.4. The summed E-state index contributed by atoms with van der Waals surface area (Å²) in [7, 11) is 0. The van der Waals surface area contributed by atoms with Crippen LogP contribution in [-0.2, 0) is 9.59 Å². The third-order valence-corrected chi connectivity index (χ3v) is 2.86. The molecule has 1 aliphatic heterocycles. The fraction of sp³-hybridized carbons (Fsp3) is 0.800. The van der Waals surface area contributed by atoms with Crippen molar-refractivity contribution in [3.05, 3.63) is 0 Å². The molecule has 0 aliphatic carbocycles. The fourth-order valence-electron chi connectivity index (χ4n) is 1.89. The Labute approximate surface area is 96.4 Å². The van der Waals surface area contributed by atoms with Crippen molar-refractivity contribution in [1.82, 2.24) is 4.90 Å². The molecule has 0 spiro atoms. The Kier molecular flexibility index (Phi) is 4.36. The smallest absolute Gasteiger partial charge is 0.471 e. The number of halogens is 3. The van der Waals surface area contributed by atoms with Crippen LogP contribution < -0.4 is 0 Å². The lowest BCUT2D eigenvalue weighted by Crippen LogP contribution is -2.43. The second-order valence-corrected chi connectivity index (χ2v) is 4.11. The van der Waals surface area contributed by atoms with Crippen molar-refractivity contribution in [3.63, 3.8) is 0 Å². The van der Waals surface area contributed by atoms with Gasteiger partial charge in [0, 0.05) is 13.1 Å². The van der Waals surface area contributed by atoms with Gasteiger partial charge >= 0.3 is 18.1 Å². The normalized spacial score (nSPS) is 22.8. The van der Waals surface area contributed by atoms with Gasteiger partial charge in [-0.3, -0.25) is 9.59 Å². The van der Waals surface area contributed by atoms with E-state index in [0.29, 0.717) is 24.2 Å². The molecule has 17 heavy (non-hydrogen) atoms. The van der Waals surface area contributed by atoms with E-state index in [1.807, 2.05) is 0 Å². The molecular weight excluding hydrogens is 239 g/mol. The monoisotopic (exact) mass is 253 g/mol. The van der Waals surface area contributed by atoms with Gasteiger partial charge in [0.25, 0.3) is 0 Å². The lowest BCUT2D eigenvalue weighted by molar-refractivity contribution is -0.186. The van der Waals surface area contributed by atoms with Gasteiger partial charge in [-0.1, -0.05) is 6.42 Å². The number of carbonyl (C=O) groups is 2. The molecule has 0 bridgehead atoms. The molecule has 98 valence electrons. The van der Waals surface area contributed by atoms with Crippen LogP contribution >= 0.6 is 0 Å². The van der Waals surface area contributed by atoms with Crippen LogP contribution in [0.3, 0.4) is 0 Å². The number of nitrogens with zero attached hydrogens (tertiary/aromatic N) is 1. The van der Waals surface area contributed by atoms with Crippen LogP contribution in [0.5, 0.6) is 0 Å². The Balaban J connectivity index is 2.63. The quantitative estimate of drug-likeness (QED) is 0.773. The molecule has 1 rings (SSSR count). The van der Waals surface area contributed by atoms with Crippen LogP contribution in [0.4, 0.5) is 13.2 Å². The van der Waals surface area contributed by atoms with Crippen LogP contribution in [0.2, 0.25) is 0 Å². The zero-order valence-corrected chi connectivity index (χ0v) is 9.16. The number of carboxylic acid groups (broad SMARTS) is 1. The molecule has 0 aromatic carbocycles. The van der Waals surface area contributed by atoms with Gasteiger partial charge in [0.1, 0.15) is 0 Å². The third-order valence-electron chi connectivity index (χ3n) is 2.86. The van der Waals surface area contributed by atoms with E-state index in [2.05, 4.69) is 0 Å². The number of rotatable bonds is 1. The first kappa shape index (κ1) is 13.8. The topological polar surface area (TPSA) is 57.6 Å². The van der Waals surface area contributed by atoms with Crippen molar-refractivity contribution < 1.29 is 27.9 Å². The molecule has 0 aromatic heterocycles. The molecule has 1 aliphatic rings. The average Bonchev–Trinajstić information content (AvgIpc) is 2.14. The maximum Gasteiger partial charge on any atom is 0.471 e. The number of carboxylic acids is 1. The van der Waals surface area contributed by atoms with Crippen molar-refractivity contribution in [1.29, 1.82) is 0 Å². The summed E-state index contributed by atoms with van der Waals surface area (Å²) < 4.78 is 36.6. The van der Waals surface area contributed by atoms with Gasteiger partial charge < -0.3 is 10.0 Å². The van der Waals surface area contributed by atoms with E-state index in [9.17, 15) is 22.8 Å². The largest absolute Gasteiger partial charge is 0.481 e. The predicted octanol–water partition coefficient (Wildman–Crippen LogP) is 1.65. The number of hydrogen-bond acceptors (Lipinski definition) is 2. The fourth-order valence-corrected chi connectivity index (χ4v) is 1.89. The van der Waals surface area contributed by atoms with E-state index in [1.54, 1.807) is 0 Å². The number of aliphatic carboxylic acids is 1. The highest BCUT2D eigenvalue weighted by Gasteiger charge is 2.42. The summed E-state index contributed by atoms with van der Waals surface area (Å²) in [5, 5.41) is 8.81. The summed E-state index contributed by atoms with van der Waals surface area (Å²) in [5.41, 5.74) is 0. The first-order chi connectivity index (χ1) is 7.82. The standard InChI is InChI=1S/C10H14F3NO3/c11-10(12,13)9(17)14-5-2-1-3-7(4-6-14)8(15)16/h7H,1-6H2,(H,15,16). The van der Waals surface area contributed by atoms with Crippen molar-refractivity contribution >= 4 is 11.9 Å². The molecule has 0 radical (unpaired) electrons. The van der Waals surface area contributed by atoms with Crippen LogP contribution in [0.15, 0.2) is 0 Å². The lowest BCUT2D eigenvalue weighted by Gasteiger charge is -2.27. The van der Waals surface area contributed by atoms with E-state index in [0.717, 1.165) is 0 Å². The second-order valence-electron chi connectivity index (χ2n) is 4.11. The summed E-state index contributed by atoms with van der Waals surface area (Å²) in [6.07, 6.45) is -3.40. The molecule has 1 fully saturated rings. The Morgan fingerprint density at radius 1 is 1.12 bits per heavy atom. The van der Waals surface area contributed by atoms with Crippen LogP contribution in [0.25, 0.3) is 0 Å². The van der Waals surface area contributed by atoms with E-state index in [4.69, 9.17) is 5.11 Å². The summed E-state index contributed by atoms with van der Waals surface area (Å²) in [6.45, 7) is -0.0972. The average molecular weight is 253 g/mol. The highest BCUT2D eigenvalue weighted by molar-refractivity contribution is 5.82. The first-order valence-corrected chi connectivity index (χ1v) is 5.41. The molecule has 1 saturated heterocycles. The van der Waals surface area contributed by atoms with Gasteiger partial charge in [-0.15, -0.1) is 0 Å². The summed E-state index contributed by atoms with van der Waals surface area (Å²) in [4.78, 5) is 22.5. The summed E-state index contributed by atoms with van der Waals surface area (Å²) >= 11 is 0. The minimum Gasteiger partial charge on any atom is -0.481 e. The van der Waals surface area contributed by atoms with Crippen LogP contribution in [0.1, 0.15) is 25.7 Å². The molecule has 1 atom stereocenters. The van der Waals surface area contributed by atoms with E-state index < -0.39 is 24.0 Å². The van der Waals surface area contributed by atoms with Crippen LogP contribution in [0, 0.1) is 5.92 Å². The molecule has 0 aromatic rings. The Morgan fingerprint density at radius 3 is 2.29 bits per heavy atom. The van der Waals surface area contributed by atoms with Gasteiger partial charge in [0.15, 0.2) is 0 Å². The molecule has 1 unspecified atom stereocenters. The maximum atomic E-state index is 12.2. The molecule has 7 heteroatoms. The Bertz CT molecular complexity index is 304. The van der Waals surface area contributed by atoms with Gasteiger partial charge in [0.05, 0.1) is 5.92 Å². The van der Waals surface area contributed by atoms with Crippen LogP contribution in [-0.4, -0.2) is 41.1 Å². The number of likely N-dealkylation sites (tertiary alicyclic amines) is 1. The molecule has 0 saturated carbocycles. The van der Waals surface area contributed by atoms with Gasteiger partial charge in [0.2, 0.25) is 0 Å². The second kappa shape index (κ2) is 5.37. The van der Waals surface area contributed by atoms with E-state index >= 15 is 0 Å². The van der Waals surface area contributed by atoms with Crippen molar-refractivity contribution in [2.24, 2.45) is 5.92 Å². The van der Waals surface area contributed by atoms with E-state index in [1.165, 1.54) is 0 Å². The van der Waals surface area contributed by atoms with Crippen molar-refractivity contribution in [2.45, 2.75) is 31.9 Å². The molecule has 1 amide bonds. The third kappa shape index (κ3) is 3.90. The van der Waals surface area contributed by atoms with Gasteiger partial charge in [-0.05, 0) is 19.3 Å². The molecule has 1 heterocycles. The summed E-state index contributed by atoms with van der Waals surface area (Å²) in [5.74, 6) is -3.53. The molecule has 4 nitrogen and oxygen atoms in total. The van der Waals surface area contributed by atoms with Gasteiger partial charge in [-0.2, -0.15) is 13.2 Å². The van der Waals surface area contributed by atoms with Gasteiger partial charge in [-0.25, -0.2) is 0 Å². The number of hydrogen-bond donors (Lipinski definition) is 1. The van der Waals surface area contributed by atoms with E-state index in [-0.39, 0.29) is 19.5 Å². The lowest BCUT2D eigenvalue weighted by atomic mass is 9.96. The first-order valence-electron chi connectivity index (χ1n) is 5.41.